The van der Waals surface area contributed by atoms with Crippen LogP contribution < -0.4 is 0 Å². The Morgan fingerprint density at radius 1 is 0.426 bits per heavy atom. The molecule has 0 saturated heterocycles. The molecule has 9 rings (SSSR count). The van der Waals surface area contributed by atoms with E-state index in [2.05, 4.69) is 24.3 Å². The second-order valence-electron chi connectivity index (χ2n) is 11.6. The van der Waals surface area contributed by atoms with Crippen LogP contribution in [-0.4, -0.2) is 23.4 Å². The molecule has 0 atom stereocenters. The fraction of sp³-hybridized carbons (Fsp3) is 0. The summed E-state index contributed by atoms with van der Waals surface area (Å²) in [5.41, 5.74) is 5.44. The molecule has 6 heteroatoms. The highest BCUT2D eigenvalue weighted by Crippen LogP contribution is 2.51. The number of nitrogens with zero attached hydrogens (tertiary/aromatic N) is 3. The van der Waals surface area contributed by atoms with Gasteiger partial charge in [0.2, 0.25) is 9.84 Å². The average Bonchev–Trinajstić information content (AvgIpc) is 3.38. The Morgan fingerprint density at radius 3 is 1.68 bits per heavy atom. The van der Waals surface area contributed by atoms with Crippen molar-refractivity contribution < 1.29 is 8.42 Å². The fourth-order valence-corrected chi connectivity index (χ4v) is 8.58. The molecular formula is C41H25N3O2S. The Hall–Kier alpha value is -5.98. The predicted octanol–water partition coefficient (Wildman–Crippen LogP) is 9.66. The van der Waals surface area contributed by atoms with Crippen LogP contribution in [-0.2, 0) is 9.84 Å². The van der Waals surface area contributed by atoms with E-state index in [9.17, 15) is 8.42 Å². The summed E-state index contributed by atoms with van der Waals surface area (Å²) in [5, 5.41) is 4.08. The highest BCUT2D eigenvalue weighted by molar-refractivity contribution is 7.92. The Morgan fingerprint density at radius 2 is 0.957 bits per heavy atom. The first-order valence-electron chi connectivity index (χ1n) is 15.4. The summed E-state index contributed by atoms with van der Waals surface area (Å²) >= 11 is 0. The zero-order valence-corrected chi connectivity index (χ0v) is 25.8. The Balaban J connectivity index is 1.24. The Bertz CT molecular complexity index is 2580. The van der Waals surface area contributed by atoms with Crippen molar-refractivity contribution in [2.45, 2.75) is 9.79 Å². The molecule has 47 heavy (non-hydrogen) atoms. The Labute approximate surface area is 271 Å². The second kappa shape index (κ2) is 10.5. The van der Waals surface area contributed by atoms with Gasteiger partial charge in [-0.05, 0) is 39.2 Å². The van der Waals surface area contributed by atoms with Crippen LogP contribution in [0, 0.1) is 0 Å². The first-order chi connectivity index (χ1) is 23.1. The molecule has 1 aromatic heterocycles. The van der Waals surface area contributed by atoms with Crippen LogP contribution in [0.4, 0.5) is 0 Å². The molecule has 5 nitrogen and oxygen atoms in total. The van der Waals surface area contributed by atoms with Gasteiger partial charge in [0.05, 0.1) is 9.79 Å². The van der Waals surface area contributed by atoms with Gasteiger partial charge in [-0.3, -0.25) is 0 Å². The molecule has 0 unspecified atom stereocenters. The molecule has 0 radical (unpaired) electrons. The van der Waals surface area contributed by atoms with Gasteiger partial charge in [0.1, 0.15) is 0 Å². The molecule has 0 fully saturated rings. The van der Waals surface area contributed by atoms with Crippen molar-refractivity contribution >= 4 is 31.4 Å². The lowest BCUT2D eigenvalue weighted by molar-refractivity contribution is 0.599. The molecule has 1 aliphatic rings. The van der Waals surface area contributed by atoms with Gasteiger partial charge in [-0.2, -0.15) is 0 Å². The van der Waals surface area contributed by atoms with Crippen molar-refractivity contribution in [3.8, 4) is 56.4 Å². The molecule has 0 saturated carbocycles. The number of hydrogen-bond acceptors (Lipinski definition) is 5. The van der Waals surface area contributed by atoms with Crippen LogP contribution in [0.1, 0.15) is 0 Å². The van der Waals surface area contributed by atoms with Crippen LogP contribution in [0.25, 0.3) is 78.0 Å². The zero-order valence-electron chi connectivity index (χ0n) is 25.0. The number of aromatic nitrogens is 3. The smallest absolute Gasteiger partial charge is 0.208 e. The van der Waals surface area contributed by atoms with Crippen molar-refractivity contribution in [2.75, 3.05) is 0 Å². The van der Waals surface area contributed by atoms with Gasteiger partial charge in [-0.15, -0.1) is 0 Å². The molecular weight excluding hydrogens is 599 g/mol. The van der Waals surface area contributed by atoms with Crippen LogP contribution in [0.3, 0.4) is 0 Å². The van der Waals surface area contributed by atoms with Gasteiger partial charge in [0, 0.05) is 33.4 Å². The fourth-order valence-electron chi connectivity index (χ4n) is 6.69. The standard InChI is InChI=1S/C41H25N3O2S/c45-47(46)35-24-23-27-22-21-26-11-7-8-18-32(26)36(27)37(35)34-20-10-19-33(38(34)47)30-16-9-17-31(25-30)41-43-39(28-12-3-1-4-13-28)42-40(44-41)29-14-5-2-6-15-29/h1-25H. The van der Waals surface area contributed by atoms with Gasteiger partial charge in [0.15, 0.2) is 17.5 Å². The van der Waals surface area contributed by atoms with E-state index in [1.54, 1.807) is 6.07 Å². The molecule has 0 spiro atoms. The van der Waals surface area contributed by atoms with Gasteiger partial charge in [-0.1, -0.05) is 140 Å². The van der Waals surface area contributed by atoms with Crippen molar-refractivity contribution in [1.29, 1.82) is 0 Å². The van der Waals surface area contributed by atoms with Crippen LogP contribution in [0.15, 0.2) is 161 Å². The summed E-state index contributed by atoms with van der Waals surface area (Å²) in [6, 6.07) is 49.2. The van der Waals surface area contributed by atoms with E-state index in [1.165, 1.54) is 0 Å². The summed E-state index contributed by atoms with van der Waals surface area (Å²) < 4.78 is 28.7. The maximum absolute atomic E-state index is 14.4. The van der Waals surface area contributed by atoms with Crippen molar-refractivity contribution in [1.82, 2.24) is 15.0 Å². The quantitative estimate of drug-likeness (QED) is 0.183. The van der Waals surface area contributed by atoms with Gasteiger partial charge >= 0.3 is 0 Å². The van der Waals surface area contributed by atoms with E-state index in [-0.39, 0.29) is 0 Å². The molecule has 0 bridgehead atoms. The first kappa shape index (κ1) is 27.3. The van der Waals surface area contributed by atoms with Crippen molar-refractivity contribution in [3.05, 3.63) is 152 Å². The molecule has 7 aromatic carbocycles. The lowest BCUT2D eigenvalue weighted by Crippen LogP contribution is -2.01. The third-order valence-corrected chi connectivity index (χ3v) is 10.7. The van der Waals surface area contributed by atoms with Crippen LogP contribution in [0.5, 0.6) is 0 Å². The zero-order chi connectivity index (χ0) is 31.5. The molecule has 1 aliphatic heterocycles. The molecule has 2 heterocycles. The van der Waals surface area contributed by atoms with E-state index >= 15 is 0 Å². The molecule has 0 amide bonds. The van der Waals surface area contributed by atoms with Crippen LogP contribution in [0.2, 0.25) is 0 Å². The number of sulfone groups is 1. The van der Waals surface area contributed by atoms with E-state index in [1.807, 2.05) is 121 Å². The summed E-state index contributed by atoms with van der Waals surface area (Å²) in [6.45, 7) is 0. The highest BCUT2D eigenvalue weighted by Gasteiger charge is 2.37. The van der Waals surface area contributed by atoms with E-state index in [4.69, 9.17) is 15.0 Å². The van der Waals surface area contributed by atoms with E-state index in [0.29, 0.717) is 32.8 Å². The molecule has 222 valence electrons. The number of benzene rings is 7. The van der Waals surface area contributed by atoms with E-state index in [0.717, 1.165) is 54.9 Å². The lowest BCUT2D eigenvalue weighted by atomic mass is 9.92. The van der Waals surface area contributed by atoms with Gasteiger partial charge in [-0.25, -0.2) is 23.4 Å². The molecule has 0 aliphatic carbocycles. The topological polar surface area (TPSA) is 72.8 Å². The van der Waals surface area contributed by atoms with Crippen molar-refractivity contribution in [3.63, 3.8) is 0 Å². The molecule has 8 aromatic rings. The minimum absolute atomic E-state index is 0.332. The minimum Gasteiger partial charge on any atom is -0.218 e. The summed E-state index contributed by atoms with van der Waals surface area (Å²) in [5.74, 6) is 1.64. The maximum atomic E-state index is 14.4. The normalized spacial score (nSPS) is 13.0. The third kappa shape index (κ3) is 4.37. The van der Waals surface area contributed by atoms with Gasteiger partial charge < -0.3 is 0 Å². The monoisotopic (exact) mass is 623 g/mol. The SMILES string of the molecule is O=S1(=O)c2ccc3ccc4ccccc4c3c2-c2cccc(-c3cccc(-c4nc(-c5ccccc5)nc(-c5ccccc5)n4)c3)c21. The number of fused-ring (bicyclic) bond motifs is 7. The summed E-state index contributed by atoms with van der Waals surface area (Å²) in [7, 11) is -3.81. The highest BCUT2D eigenvalue weighted by atomic mass is 32.2. The number of rotatable bonds is 4. The molecule has 0 N–H and O–H groups in total. The second-order valence-corrected chi connectivity index (χ2v) is 13.5. The van der Waals surface area contributed by atoms with Gasteiger partial charge in [0.25, 0.3) is 0 Å². The van der Waals surface area contributed by atoms with E-state index < -0.39 is 9.84 Å². The minimum atomic E-state index is -3.81. The lowest BCUT2D eigenvalue weighted by Gasteiger charge is -2.12. The third-order valence-electron chi connectivity index (χ3n) is 8.85. The average molecular weight is 624 g/mol. The van der Waals surface area contributed by atoms with Crippen LogP contribution >= 0.6 is 0 Å². The summed E-state index contributed by atoms with van der Waals surface area (Å²) in [6.07, 6.45) is 0. The largest absolute Gasteiger partial charge is 0.218 e. The predicted molar refractivity (Wildman–Crippen MR) is 187 cm³/mol. The number of hydrogen-bond donors (Lipinski definition) is 0. The summed E-state index contributed by atoms with van der Waals surface area (Å²) in [4.78, 5) is 15.3. The van der Waals surface area contributed by atoms with Crippen molar-refractivity contribution in [2.24, 2.45) is 0 Å². The first-order valence-corrected chi connectivity index (χ1v) is 16.9. The maximum Gasteiger partial charge on any atom is 0.208 e. The Kier molecular flexibility index (Phi) is 6.13.